The molecular formula is C16H17N3O2. The van der Waals surface area contributed by atoms with Crippen LogP contribution >= 0.6 is 0 Å². The minimum absolute atomic E-state index is 0.324. The molecule has 0 fully saturated rings. The zero-order valence-corrected chi connectivity index (χ0v) is 11.8. The fourth-order valence-electron chi connectivity index (χ4n) is 1.69. The molecule has 2 rings (SSSR count). The highest BCUT2D eigenvalue weighted by Crippen LogP contribution is 2.11. The van der Waals surface area contributed by atoms with E-state index in [1.54, 1.807) is 31.2 Å². The molecule has 0 aliphatic heterocycles. The van der Waals surface area contributed by atoms with Crippen LogP contribution in [-0.2, 0) is 11.3 Å². The van der Waals surface area contributed by atoms with Gasteiger partial charge in [0.05, 0.1) is 24.4 Å². The lowest BCUT2D eigenvalue weighted by Crippen LogP contribution is -2.04. The molecule has 108 valence electrons. The molecule has 0 atom stereocenters. The molecule has 0 radical (unpaired) electrons. The Morgan fingerprint density at radius 3 is 2.48 bits per heavy atom. The van der Waals surface area contributed by atoms with Crippen molar-refractivity contribution in [1.29, 1.82) is 0 Å². The molecule has 0 amide bonds. The maximum atomic E-state index is 11.5. The molecule has 0 bridgehead atoms. The zero-order valence-electron chi connectivity index (χ0n) is 11.8. The van der Waals surface area contributed by atoms with Gasteiger partial charge in [-0.15, -0.1) is 0 Å². The van der Waals surface area contributed by atoms with Gasteiger partial charge in [-0.25, -0.2) is 4.79 Å². The van der Waals surface area contributed by atoms with Crippen LogP contribution in [0.3, 0.4) is 0 Å². The molecule has 0 unspecified atom stereocenters. The highest BCUT2D eigenvalue weighted by atomic mass is 16.5. The SMILES string of the molecule is CCOC(=O)c1ccc(NN=NCc2ccccc2)cc1. The summed E-state index contributed by atoms with van der Waals surface area (Å²) < 4.78 is 4.91. The predicted octanol–water partition coefficient (Wildman–Crippen LogP) is 3.84. The van der Waals surface area contributed by atoms with Crippen LogP contribution in [0.2, 0.25) is 0 Å². The molecule has 0 aliphatic rings. The molecular weight excluding hydrogens is 266 g/mol. The Bertz CT molecular complexity index is 595. The van der Waals surface area contributed by atoms with E-state index in [1.807, 2.05) is 30.3 Å². The third-order valence-corrected chi connectivity index (χ3v) is 2.74. The summed E-state index contributed by atoms with van der Waals surface area (Å²) in [5, 5.41) is 7.95. The number of esters is 1. The highest BCUT2D eigenvalue weighted by Gasteiger charge is 2.04. The van der Waals surface area contributed by atoms with Gasteiger partial charge in [0.15, 0.2) is 0 Å². The largest absolute Gasteiger partial charge is 0.462 e. The second kappa shape index (κ2) is 7.79. The number of hydrogen-bond donors (Lipinski definition) is 1. The number of nitrogens with zero attached hydrogens (tertiary/aromatic N) is 2. The summed E-state index contributed by atoms with van der Waals surface area (Å²) in [5.41, 5.74) is 5.20. The quantitative estimate of drug-likeness (QED) is 0.497. The minimum Gasteiger partial charge on any atom is -0.462 e. The lowest BCUT2D eigenvalue weighted by molar-refractivity contribution is 0.0526. The topological polar surface area (TPSA) is 63.0 Å². The summed E-state index contributed by atoms with van der Waals surface area (Å²) in [7, 11) is 0. The van der Waals surface area contributed by atoms with Crippen molar-refractivity contribution in [3.05, 3.63) is 65.7 Å². The average molecular weight is 283 g/mol. The Labute approximate surface area is 123 Å². The van der Waals surface area contributed by atoms with Crippen molar-refractivity contribution in [2.24, 2.45) is 10.3 Å². The molecule has 5 heteroatoms. The first kappa shape index (κ1) is 14.7. The number of rotatable bonds is 6. The maximum Gasteiger partial charge on any atom is 0.338 e. The Balaban J connectivity index is 1.85. The van der Waals surface area contributed by atoms with Gasteiger partial charge >= 0.3 is 5.97 Å². The second-order valence-corrected chi connectivity index (χ2v) is 4.29. The number of nitrogens with one attached hydrogen (secondary N) is 1. The molecule has 0 saturated carbocycles. The van der Waals surface area contributed by atoms with Gasteiger partial charge in [-0.1, -0.05) is 35.6 Å². The van der Waals surface area contributed by atoms with E-state index in [9.17, 15) is 4.79 Å². The smallest absolute Gasteiger partial charge is 0.338 e. The minimum atomic E-state index is -0.324. The number of benzene rings is 2. The average Bonchev–Trinajstić information content (AvgIpc) is 2.53. The van der Waals surface area contributed by atoms with Crippen molar-refractivity contribution < 1.29 is 9.53 Å². The van der Waals surface area contributed by atoms with Gasteiger partial charge in [0.1, 0.15) is 0 Å². The summed E-state index contributed by atoms with van der Waals surface area (Å²) >= 11 is 0. The van der Waals surface area contributed by atoms with Crippen LogP contribution in [-0.4, -0.2) is 12.6 Å². The number of ether oxygens (including phenoxy) is 1. The predicted molar refractivity (Wildman–Crippen MR) is 81.0 cm³/mol. The van der Waals surface area contributed by atoms with E-state index in [-0.39, 0.29) is 5.97 Å². The van der Waals surface area contributed by atoms with Crippen LogP contribution < -0.4 is 5.43 Å². The Morgan fingerprint density at radius 1 is 1.10 bits per heavy atom. The molecule has 0 saturated heterocycles. The summed E-state index contributed by atoms with van der Waals surface area (Å²) in [6.45, 7) is 2.67. The van der Waals surface area contributed by atoms with Gasteiger partial charge in [0.2, 0.25) is 0 Å². The summed E-state index contributed by atoms with van der Waals surface area (Å²) in [6.07, 6.45) is 0. The van der Waals surface area contributed by atoms with Crippen molar-refractivity contribution in [1.82, 2.24) is 0 Å². The van der Waals surface area contributed by atoms with E-state index in [0.717, 1.165) is 11.3 Å². The van der Waals surface area contributed by atoms with E-state index < -0.39 is 0 Å². The lowest BCUT2D eigenvalue weighted by atomic mass is 10.2. The molecule has 5 nitrogen and oxygen atoms in total. The molecule has 0 aliphatic carbocycles. The Kier molecular flexibility index (Phi) is 5.46. The Morgan fingerprint density at radius 2 is 1.81 bits per heavy atom. The second-order valence-electron chi connectivity index (χ2n) is 4.29. The van der Waals surface area contributed by atoms with E-state index in [2.05, 4.69) is 15.8 Å². The van der Waals surface area contributed by atoms with Gasteiger partial charge < -0.3 is 4.74 Å². The van der Waals surface area contributed by atoms with E-state index in [4.69, 9.17) is 4.74 Å². The van der Waals surface area contributed by atoms with Crippen molar-refractivity contribution in [2.75, 3.05) is 12.0 Å². The van der Waals surface area contributed by atoms with Crippen LogP contribution in [0, 0.1) is 0 Å². The maximum absolute atomic E-state index is 11.5. The molecule has 0 aromatic heterocycles. The third kappa shape index (κ3) is 4.72. The number of carbonyl (C=O) groups excluding carboxylic acids is 1. The van der Waals surface area contributed by atoms with Gasteiger partial charge in [0.25, 0.3) is 0 Å². The van der Waals surface area contributed by atoms with Crippen molar-refractivity contribution in [2.45, 2.75) is 13.5 Å². The van der Waals surface area contributed by atoms with Crippen LogP contribution in [0.15, 0.2) is 64.9 Å². The third-order valence-electron chi connectivity index (χ3n) is 2.74. The van der Waals surface area contributed by atoms with Crippen molar-refractivity contribution in [3.63, 3.8) is 0 Å². The normalized spacial score (nSPS) is 10.5. The van der Waals surface area contributed by atoms with Gasteiger partial charge in [-0.05, 0) is 36.8 Å². The van der Waals surface area contributed by atoms with Crippen molar-refractivity contribution >= 4 is 11.7 Å². The van der Waals surface area contributed by atoms with E-state index in [1.165, 1.54) is 0 Å². The highest BCUT2D eigenvalue weighted by molar-refractivity contribution is 5.89. The number of carbonyl (C=O) groups is 1. The van der Waals surface area contributed by atoms with Crippen LogP contribution in [0.25, 0.3) is 0 Å². The fourth-order valence-corrected chi connectivity index (χ4v) is 1.69. The molecule has 0 heterocycles. The lowest BCUT2D eigenvalue weighted by Gasteiger charge is -2.03. The first-order valence-electron chi connectivity index (χ1n) is 6.73. The van der Waals surface area contributed by atoms with Crippen LogP contribution in [0.4, 0.5) is 5.69 Å². The molecule has 2 aromatic carbocycles. The number of anilines is 1. The van der Waals surface area contributed by atoms with Crippen LogP contribution in [0.1, 0.15) is 22.8 Å². The van der Waals surface area contributed by atoms with Gasteiger partial charge in [-0.2, -0.15) is 5.11 Å². The molecule has 2 aromatic rings. The van der Waals surface area contributed by atoms with Gasteiger partial charge in [-0.3, -0.25) is 5.43 Å². The van der Waals surface area contributed by atoms with Crippen molar-refractivity contribution in [3.8, 4) is 0 Å². The monoisotopic (exact) mass is 283 g/mol. The molecule has 21 heavy (non-hydrogen) atoms. The van der Waals surface area contributed by atoms with Crippen LogP contribution in [0.5, 0.6) is 0 Å². The molecule has 0 spiro atoms. The zero-order chi connectivity index (χ0) is 14.9. The summed E-state index contributed by atoms with van der Waals surface area (Å²) in [5.74, 6) is -0.324. The first-order valence-corrected chi connectivity index (χ1v) is 6.73. The van der Waals surface area contributed by atoms with E-state index in [0.29, 0.717) is 18.7 Å². The number of hydrogen-bond acceptors (Lipinski definition) is 4. The Hall–Kier alpha value is -2.69. The standard InChI is InChI=1S/C16H17N3O2/c1-2-21-16(20)14-8-10-15(11-9-14)18-19-17-12-13-6-4-3-5-7-13/h3-11H,2,12H2,1H3,(H,17,18). The summed E-state index contributed by atoms with van der Waals surface area (Å²) in [6, 6.07) is 16.8. The first-order chi connectivity index (χ1) is 10.3. The summed E-state index contributed by atoms with van der Waals surface area (Å²) in [4.78, 5) is 11.5. The molecule has 1 N–H and O–H groups in total. The van der Waals surface area contributed by atoms with E-state index >= 15 is 0 Å². The fraction of sp³-hybridized carbons (Fsp3) is 0.188. The van der Waals surface area contributed by atoms with Gasteiger partial charge in [0, 0.05) is 0 Å².